The molecule has 0 N–H and O–H groups in total. The third-order valence-electron chi connectivity index (χ3n) is 6.46. The van der Waals surface area contributed by atoms with Gasteiger partial charge in [0.25, 0.3) is 0 Å². The van der Waals surface area contributed by atoms with Gasteiger partial charge in [0.1, 0.15) is 5.58 Å². The summed E-state index contributed by atoms with van der Waals surface area (Å²) in [5.74, 6) is 0. The number of rotatable bonds is 2. The zero-order valence-corrected chi connectivity index (χ0v) is 18.4. The van der Waals surface area contributed by atoms with E-state index in [0.717, 1.165) is 38.7 Å². The molecule has 2 nitrogen and oxygen atoms in total. The minimum atomic E-state index is 0.674. The lowest BCUT2D eigenvalue weighted by molar-refractivity contribution is 0.666. The van der Waals surface area contributed by atoms with E-state index in [4.69, 9.17) is 16.0 Å². The summed E-state index contributed by atoms with van der Waals surface area (Å²) in [6, 6.07) is 38.0. The van der Waals surface area contributed by atoms with Crippen LogP contribution in [-0.4, -0.2) is 4.57 Å². The average Bonchev–Trinajstić information content (AvgIpc) is 3.39. The van der Waals surface area contributed by atoms with Crippen molar-refractivity contribution in [2.75, 3.05) is 0 Å². The normalized spacial score (nSPS) is 11.8. The molecule has 2 heterocycles. The van der Waals surface area contributed by atoms with E-state index in [-0.39, 0.29) is 0 Å². The Labute approximate surface area is 195 Å². The Morgan fingerprint density at radius 2 is 1.33 bits per heavy atom. The van der Waals surface area contributed by atoms with E-state index in [2.05, 4.69) is 95.6 Å². The second-order valence-electron chi connectivity index (χ2n) is 8.35. The molecular weight excluding hydrogens is 426 g/mol. The van der Waals surface area contributed by atoms with Crippen LogP contribution in [0.15, 0.2) is 114 Å². The van der Waals surface area contributed by atoms with Crippen molar-refractivity contribution in [3.8, 4) is 16.8 Å². The second-order valence-corrected chi connectivity index (χ2v) is 8.78. The van der Waals surface area contributed by atoms with Crippen molar-refractivity contribution < 1.29 is 4.42 Å². The summed E-state index contributed by atoms with van der Waals surface area (Å²) in [5.41, 5.74) is 7.43. The number of hydrogen-bond acceptors (Lipinski definition) is 1. The van der Waals surface area contributed by atoms with E-state index in [0.29, 0.717) is 5.02 Å². The minimum absolute atomic E-state index is 0.674. The Morgan fingerprint density at radius 1 is 0.545 bits per heavy atom. The molecule has 0 saturated carbocycles. The van der Waals surface area contributed by atoms with Gasteiger partial charge in [-0.2, -0.15) is 0 Å². The second kappa shape index (κ2) is 6.99. The third kappa shape index (κ3) is 2.75. The van der Waals surface area contributed by atoms with Crippen LogP contribution in [0.1, 0.15) is 0 Å². The molecule has 2 aromatic heterocycles. The standard InChI is InChI=1S/C30H18ClNO/c31-21-14-15-23-24-10-6-12-28(30(24)33-29(23)18-21)32-26-11-5-4-9-22(26)25-17-20(13-16-27(25)32)19-7-2-1-3-8-19/h1-18H. The van der Waals surface area contributed by atoms with E-state index in [1.54, 1.807) is 0 Å². The summed E-state index contributed by atoms with van der Waals surface area (Å²) in [4.78, 5) is 0. The van der Waals surface area contributed by atoms with Gasteiger partial charge in [-0.15, -0.1) is 0 Å². The summed E-state index contributed by atoms with van der Waals surface area (Å²) in [7, 11) is 0. The van der Waals surface area contributed by atoms with Crippen molar-refractivity contribution in [3.63, 3.8) is 0 Å². The molecule has 0 aliphatic heterocycles. The summed E-state index contributed by atoms with van der Waals surface area (Å²) in [6.07, 6.45) is 0. The molecular formula is C30H18ClNO. The summed E-state index contributed by atoms with van der Waals surface area (Å²) >= 11 is 6.24. The van der Waals surface area contributed by atoms with Crippen molar-refractivity contribution in [1.82, 2.24) is 4.57 Å². The van der Waals surface area contributed by atoms with Crippen molar-refractivity contribution >= 4 is 55.3 Å². The molecule has 33 heavy (non-hydrogen) atoms. The number of furan rings is 1. The van der Waals surface area contributed by atoms with Gasteiger partial charge in [-0.05, 0) is 47.5 Å². The largest absolute Gasteiger partial charge is 0.454 e. The molecule has 0 amide bonds. The maximum absolute atomic E-state index is 6.37. The third-order valence-corrected chi connectivity index (χ3v) is 6.70. The van der Waals surface area contributed by atoms with Gasteiger partial charge < -0.3 is 8.98 Å². The number of nitrogens with zero attached hydrogens (tertiary/aromatic N) is 1. The molecule has 0 saturated heterocycles. The number of fused-ring (bicyclic) bond motifs is 6. The Hall–Kier alpha value is -4.01. The zero-order chi connectivity index (χ0) is 21.9. The van der Waals surface area contributed by atoms with Gasteiger partial charge in [0, 0.05) is 32.6 Å². The molecule has 156 valence electrons. The highest BCUT2D eigenvalue weighted by molar-refractivity contribution is 6.31. The predicted molar refractivity (Wildman–Crippen MR) is 139 cm³/mol. The van der Waals surface area contributed by atoms with Crippen LogP contribution in [0.2, 0.25) is 5.02 Å². The van der Waals surface area contributed by atoms with Crippen LogP contribution >= 0.6 is 11.6 Å². The number of hydrogen-bond donors (Lipinski definition) is 0. The molecule has 3 heteroatoms. The van der Waals surface area contributed by atoms with E-state index in [1.165, 1.54) is 21.9 Å². The van der Waals surface area contributed by atoms with Crippen molar-refractivity contribution in [1.29, 1.82) is 0 Å². The monoisotopic (exact) mass is 443 g/mol. The van der Waals surface area contributed by atoms with Crippen LogP contribution in [-0.2, 0) is 0 Å². The molecule has 0 aliphatic carbocycles. The van der Waals surface area contributed by atoms with Crippen molar-refractivity contribution in [2.24, 2.45) is 0 Å². The van der Waals surface area contributed by atoms with Gasteiger partial charge in [0.2, 0.25) is 0 Å². The molecule has 5 aromatic carbocycles. The van der Waals surface area contributed by atoms with Crippen LogP contribution in [0.3, 0.4) is 0 Å². The van der Waals surface area contributed by atoms with E-state index in [9.17, 15) is 0 Å². The highest BCUT2D eigenvalue weighted by atomic mass is 35.5. The first-order chi connectivity index (χ1) is 16.3. The Morgan fingerprint density at radius 3 is 2.24 bits per heavy atom. The van der Waals surface area contributed by atoms with E-state index < -0.39 is 0 Å². The van der Waals surface area contributed by atoms with Gasteiger partial charge in [0.15, 0.2) is 5.58 Å². The first-order valence-electron chi connectivity index (χ1n) is 11.0. The quantitative estimate of drug-likeness (QED) is 0.260. The smallest absolute Gasteiger partial charge is 0.159 e. The highest BCUT2D eigenvalue weighted by Gasteiger charge is 2.17. The molecule has 7 rings (SSSR count). The fourth-order valence-electron chi connectivity index (χ4n) is 4.98. The van der Waals surface area contributed by atoms with E-state index in [1.807, 2.05) is 18.2 Å². The summed E-state index contributed by atoms with van der Waals surface area (Å²) < 4.78 is 8.69. The number of halogens is 1. The highest BCUT2D eigenvalue weighted by Crippen LogP contribution is 2.39. The lowest BCUT2D eigenvalue weighted by Crippen LogP contribution is -1.94. The topological polar surface area (TPSA) is 18.1 Å². The van der Waals surface area contributed by atoms with Crippen LogP contribution in [0.5, 0.6) is 0 Å². The van der Waals surface area contributed by atoms with Crippen molar-refractivity contribution in [3.05, 3.63) is 114 Å². The number of para-hydroxylation sites is 2. The first kappa shape index (κ1) is 18.6. The maximum Gasteiger partial charge on any atom is 0.159 e. The molecule has 7 aromatic rings. The van der Waals surface area contributed by atoms with E-state index >= 15 is 0 Å². The molecule has 0 spiro atoms. The Bertz CT molecular complexity index is 1830. The number of aromatic nitrogens is 1. The molecule has 0 fully saturated rings. The molecule has 0 bridgehead atoms. The Balaban J connectivity index is 1.58. The average molecular weight is 444 g/mol. The predicted octanol–water partition coefficient (Wildman–Crippen LogP) is 9.00. The lowest BCUT2D eigenvalue weighted by atomic mass is 10.0. The summed E-state index contributed by atoms with van der Waals surface area (Å²) in [6.45, 7) is 0. The fourth-order valence-corrected chi connectivity index (χ4v) is 5.14. The van der Waals surface area contributed by atoms with Gasteiger partial charge in [0.05, 0.1) is 16.7 Å². The lowest BCUT2D eigenvalue weighted by Gasteiger charge is -2.09. The van der Waals surface area contributed by atoms with Gasteiger partial charge in [-0.3, -0.25) is 0 Å². The first-order valence-corrected chi connectivity index (χ1v) is 11.4. The zero-order valence-electron chi connectivity index (χ0n) is 17.6. The van der Waals surface area contributed by atoms with Gasteiger partial charge in [-0.25, -0.2) is 0 Å². The SMILES string of the molecule is Clc1ccc2c(c1)oc1c(-n3c4ccccc4c4cc(-c5ccccc5)ccc43)cccc12. The van der Waals surface area contributed by atoms with Gasteiger partial charge in [-0.1, -0.05) is 78.3 Å². The van der Waals surface area contributed by atoms with Gasteiger partial charge >= 0.3 is 0 Å². The molecule has 0 aliphatic rings. The number of benzene rings is 5. The van der Waals surface area contributed by atoms with Crippen LogP contribution in [0.4, 0.5) is 0 Å². The van der Waals surface area contributed by atoms with Crippen molar-refractivity contribution in [2.45, 2.75) is 0 Å². The van der Waals surface area contributed by atoms with Crippen LogP contribution in [0.25, 0.3) is 60.6 Å². The minimum Gasteiger partial charge on any atom is -0.454 e. The molecule has 0 atom stereocenters. The molecule has 0 unspecified atom stereocenters. The van der Waals surface area contributed by atoms with Crippen LogP contribution < -0.4 is 0 Å². The fraction of sp³-hybridized carbons (Fsp3) is 0. The summed E-state index contributed by atoms with van der Waals surface area (Å²) in [5, 5.41) is 5.28. The Kier molecular flexibility index (Phi) is 3.93. The van der Waals surface area contributed by atoms with Crippen LogP contribution in [0, 0.1) is 0 Å². The maximum atomic E-state index is 6.37. The molecule has 0 radical (unpaired) electrons.